The van der Waals surface area contributed by atoms with E-state index < -0.39 is 5.97 Å². The molecule has 1 atom stereocenters. The highest BCUT2D eigenvalue weighted by atomic mass is 16.4. The van der Waals surface area contributed by atoms with Crippen LogP contribution in [0.25, 0.3) is 0 Å². The van der Waals surface area contributed by atoms with Gasteiger partial charge in [0, 0.05) is 19.1 Å². The van der Waals surface area contributed by atoms with Gasteiger partial charge in [0.25, 0.3) is 0 Å². The van der Waals surface area contributed by atoms with Crippen molar-refractivity contribution >= 4 is 11.9 Å². The van der Waals surface area contributed by atoms with Crippen LogP contribution >= 0.6 is 0 Å². The Bertz CT molecular complexity index is 313. The molecule has 2 fully saturated rings. The zero-order valence-electron chi connectivity index (χ0n) is 10.7. The number of carboxylic acid groups (broad SMARTS) is 1. The summed E-state index contributed by atoms with van der Waals surface area (Å²) in [7, 11) is 0. The summed E-state index contributed by atoms with van der Waals surface area (Å²) in [5.74, 6) is -1.11. The van der Waals surface area contributed by atoms with Crippen molar-refractivity contribution in [1.82, 2.24) is 10.2 Å². The third kappa shape index (κ3) is 3.45. The van der Waals surface area contributed by atoms with Gasteiger partial charge in [0.2, 0.25) is 5.91 Å². The quantitative estimate of drug-likeness (QED) is 0.780. The summed E-state index contributed by atoms with van der Waals surface area (Å²) in [5.41, 5.74) is 0. The first kappa shape index (κ1) is 13.3. The lowest BCUT2D eigenvalue weighted by Gasteiger charge is -2.31. The van der Waals surface area contributed by atoms with Crippen molar-refractivity contribution in [3.8, 4) is 0 Å². The first-order chi connectivity index (χ1) is 8.66. The highest BCUT2D eigenvalue weighted by molar-refractivity contribution is 5.79. The Labute approximate surface area is 108 Å². The van der Waals surface area contributed by atoms with Crippen LogP contribution in [0.5, 0.6) is 0 Å². The predicted octanol–water partition coefficient (Wildman–Crippen LogP) is 0.842. The molecule has 1 saturated heterocycles. The molecule has 1 aliphatic heterocycles. The van der Waals surface area contributed by atoms with Gasteiger partial charge in [-0.25, -0.2) is 0 Å². The number of piperidine rings is 1. The number of carbonyl (C=O) groups is 2. The first-order valence-electron chi connectivity index (χ1n) is 6.91. The van der Waals surface area contributed by atoms with E-state index in [1.54, 1.807) is 4.90 Å². The fraction of sp³-hybridized carbons (Fsp3) is 0.846. The second-order valence-corrected chi connectivity index (χ2v) is 5.38. The maximum absolute atomic E-state index is 12.0. The summed E-state index contributed by atoms with van der Waals surface area (Å²) in [6.45, 7) is 1.44. The average Bonchev–Trinajstić information content (AvgIpc) is 2.89. The van der Waals surface area contributed by atoms with Gasteiger partial charge in [-0.1, -0.05) is 12.8 Å². The van der Waals surface area contributed by atoms with Crippen molar-refractivity contribution in [3.63, 3.8) is 0 Å². The molecule has 5 heteroatoms. The highest BCUT2D eigenvalue weighted by Gasteiger charge is 2.28. The molecule has 0 radical (unpaired) electrons. The second kappa shape index (κ2) is 6.18. The van der Waals surface area contributed by atoms with Crippen molar-refractivity contribution < 1.29 is 14.7 Å². The lowest BCUT2D eigenvalue weighted by atomic mass is 9.98. The van der Waals surface area contributed by atoms with Gasteiger partial charge in [0.05, 0.1) is 12.5 Å². The number of likely N-dealkylation sites (tertiary alicyclic amines) is 1. The van der Waals surface area contributed by atoms with Gasteiger partial charge in [0.1, 0.15) is 0 Å². The second-order valence-electron chi connectivity index (χ2n) is 5.38. The first-order valence-corrected chi connectivity index (χ1v) is 6.91. The topological polar surface area (TPSA) is 69.6 Å². The van der Waals surface area contributed by atoms with Crippen LogP contribution in [0.1, 0.15) is 38.5 Å². The molecule has 102 valence electrons. The Morgan fingerprint density at radius 3 is 2.56 bits per heavy atom. The molecule has 1 amide bonds. The molecule has 2 rings (SSSR count). The zero-order valence-corrected chi connectivity index (χ0v) is 10.7. The lowest BCUT2D eigenvalue weighted by molar-refractivity contribution is -0.145. The molecule has 2 N–H and O–H groups in total. The van der Waals surface area contributed by atoms with E-state index in [9.17, 15) is 9.59 Å². The van der Waals surface area contributed by atoms with Crippen LogP contribution in [0.15, 0.2) is 0 Å². The molecular formula is C13H22N2O3. The molecule has 18 heavy (non-hydrogen) atoms. The van der Waals surface area contributed by atoms with Crippen molar-refractivity contribution in [3.05, 3.63) is 0 Å². The molecule has 1 aliphatic carbocycles. The summed E-state index contributed by atoms with van der Waals surface area (Å²) >= 11 is 0. The van der Waals surface area contributed by atoms with Crippen molar-refractivity contribution in [1.29, 1.82) is 0 Å². The summed E-state index contributed by atoms with van der Waals surface area (Å²) < 4.78 is 0. The Morgan fingerprint density at radius 1 is 1.17 bits per heavy atom. The zero-order chi connectivity index (χ0) is 13.0. The highest BCUT2D eigenvalue weighted by Crippen LogP contribution is 2.18. The van der Waals surface area contributed by atoms with E-state index >= 15 is 0 Å². The third-order valence-corrected chi connectivity index (χ3v) is 4.02. The van der Waals surface area contributed by atoms with E-state index in [0.717, 1.165) is 19.3 Å². The molecule has 2 aliphatic rings. The van der Waals surface area contributed by atoms with Gasteiger partial charge in [-0.05, 0) is 25.7 Å². The van der Waals surface area contributed by atoms with E-state index in [0.29, 0.717) is 32.1 Å². The van der Waals surface area contributed by atoms with E-state index in [4.69, 9.17) is 5.11 Å². The van der Waals surface area contributed by atoms with Crippen LogP contribution in [0.3, 0.4) is 0 Å². The van der Waals surface area contributed by atoms with E-state index in [2.05, 4.69) is 5.32 Å². The minimum Gasteiger partial charge on any atom is -0.481 e. The fourth-order valence-corrected chi connectivity index (χ4v) is 2.88. The van der Waals surface area contributed by atoms with Crippen LogP contribution in [0.4, 0.5) is 0 Å². The normalized spacial score (nSPS) is 25.3. The Hall–Kier alpha value is -1.10. The Morgan fingerprint density at radius 2 is 1.89 bits per heavy atom. The summed E-state index contributed by atoms with van der Waals surface area (Å²) in [5, 5.41) is 12.3. The number of carbonyl (C=O) groups excluding carboxylic acids is 1. The molecule has 1 heterocycles. The van der Waals surface area contributed by atoms with Crippen LogP contribution in [0.2, 0.25) is 0 Å². The number of carboxylic acids is 1. The number of nitrogens with one attached hydrogen (secondary N) is 1. The largest absolute Gasteiger partial charge is 0.481 e. The minimum atomic E-state index is -0.781. The number of hydrogen-bond donors (Lipinski definition) is 2. The van der Waals surface area contributed by atoms with Crippen LogP contribution in [-0.2, 0) is 9.59 Å². The van der Waals surface area contributed by atoms with Gasteiger partial charge < -0.3 is 15.3 Å². The molecule has 0 aromatic carbocycles. The molecule has 0 unspecified atom stereocenters. The maximum atomic E-state index is 12.0. The molecule has 0 bridgehead atoms. The molecule has 0 spiro atoms. The smallest absolute Gasteiger partial charge is 0.308 e. The fourth-order valence-electron chi connectivity index (χ4n) is 2.88. The SMILES string of the molecule is O=C(O)[C@H]1CCCN(C(=O)CNC2CCCC2)C1. The number of aliphatic carboxylic acids is 1. The molecule has 5 nitrogen and oxygen atoms in total. The molecule has 0 aromatic heterocycles. The molecule has 0 aromatic rings. The van der Waals surface area contributed by atoms with Crippen molar-refractivity contribution in [2.24, 2.45) is 5.92 Å². The summed E-state index contributed by atoms with van der Waals surface area (Å²) in [6, 6.07) is 0.481. The van der Waals surface area contributed by atoms with Crippen LogP contribution < -0.4 is 5.32 Å². The van der Waals surface area contributed by atoms with Crippen LogP contribution in [0, 0.1) is 5.92 Å². The van der Waals surface area contributed by atoms with Gasteiger partial charge in [-0.2, -0.15) is 0 Å². The number of rotatable bonds is 4. The Balaban J connectivity index is 1.75. The monoisotopic (exact) mass is 254 g/mol. The lowest BCUT2D eigenvalue weighted by Crippen LogP contribution is -2.46. The van der Waals surface area contributed by atoms with E-state index in [-0.39, 0.29) is 11.8 Å². The third-order valence-electron chi connectivity index (χ3n) is 4.02. The maximum Gasteiger partial charge on any atom is 0.308 e. The number of amides is 1. The molecule has 1 saturated carbocycles. The van der Waals surface area contributed by atoms with Crippen LogP contribution in [-0.4, -0.2) is 47.6 Å². The number of hydrogen-bond acceptors (Lipinski definition) is 3. The van der Waals surface area contributed by atoms with Gasteiger partial charge in [0.15, 0.2) is 0 Å². The summed E-state index contributed by atoms with van der Waals surface area (Å²) in [6.07, 6.45) is 6.30. The number of nitrogens with zero attached hydrogens (tertiary/aromatic N) is 1. The standard InChI is InChI=1S/C13H22N2O3/c16-12(8-14-11-5-1-2-6-11)15-7-3-4-10(9-15)13(17)18/h10-11,14H,1-9H2,(H,17,18)/t10-/m0/s1. The van der Waals surface area contributed by atoms with Gasteiger partial charge in [-0.15, -0.1) is 0 Å². The van der Waals surface area contributed by atoms with E-state index in [1.165, 1.54) is 12.8 Å². The predicted molar refractivity (Wildman–Crippen MR) is 67.2 cm³/mol. The van der Waals surface area contributed by atoms with E-state index in [1.807, 2.05) is 0 Å². The Kier molecular flexibility index (Phi) is 4.58. The van der Waals surface area contributed by atoms with Crippen molar-refractivity contribution in [2.45, 2.75) is 44.6 Å². The minimum absolute atomic E-state index is 0.0489. The van der Waals surface area contributed by atoms with Crippen molar-refractivity contribution in [2.75, 3.05) is 19.6 Å². The summed E-state index contributed by atoms with van der Waals surface area (Å²) in [4.78, 5) is 24.6. The average molecular weight is 254 g/mol. The molecular weight excluding hydrogens is 232 g/mol. The van der Waals surface area contributed by atoms with Gasteiger partial charge >= 0.3 is 5.97 Å². The van der Waals surface area contributed by atoms with Gasteiger partial charge in [-0.3, -0.25) is 9.59 Å².